The zero-order valence-electron chi connectivity index (χ0n) is 19.4. The Kier molecular flexibility index (Phi) is 6.70. The maximum Gasteiger partial charge on any atom is 0.272 e. The molecule has 0 aliphatic carbocycles. The molecule has 0 bridgehead atoms. The van der Waals surface area contributed by atoms with Crippen LogP contribution >= 0.6 is 23.1 Å². The SMILES string of the molecule is C[C@H](Cn1c(SCC(=O)N2CCCC[C@@H]2C)nc2c(sc3ncccc32)c1=O)c1ccccc1. The summed E-state index contributed by atoms with van der Waals surface area (Å²) in [4.78, 5) is 38.9. The zero-order valence-corrected chi connectivity index (χ0v) is 21.1. The van der Waals surface area contributed by atoms with Crippen molar-refractivity contribution >= 4 is 49.4 Å². The average molecular weight is 493 g/mol. The summed E-state index contributed by atoms with van der Waals surface area (Å²) in [5.74, 6) is 0.524. The van der Waals surface area contributed by atoms with Gasteiger partial charge in [0.15, 0.2) is 5.16 Å². The number of pyridine rings is 1. The van der Waals surface area contributed by atoms with Gasteiger partial charge in [0.1, 0.15) is 9.53 Å². The summed E-state index contributed by atoms with van der Waals surface area (Å²) in [6.07, 6.45) is 5.01. The first-order valence-corrected chi connectivity index (χ1v) is 13.6. The molecule has 1 aliphatic rings. The normalized spacial score (nSPS) is 17.4. The Morgan fingerprint density at radius 1 is 1.21 bits per heavy atom. The molecular weight excluding hydrogens is 464 g/mol. The van der Waals surface area contributed by atoms with Crippen LogP contribution < -0.4 is 5.56 Å². The van der Waals surface area contributed by atoms with Gasteiger partial charge >= 0.3 is 0 Å². The number of likely N-dealkylation sites (tertiary alicyclic amines) is 1. The standard InChI is InChI=1S/C26H28N4O2S2/c1-17(19-10-4-3-5-11-19)15-30-25(32)23-22(20-12-8-13-27-24(20)34-23)28-26(30)33-16-21(31)29-14-7-6-9-18(29)2/h3-5,8,10-13,17-18H,6-7,9,14-16H2,1-2H3/t17-,18+/m1/s1. The van der Waals surface area contributed by atoms with Gasteiger partial charge in [-0.3, -0.25) is 14.2 Å². The fourth-order valence-corrected chi connectivity index (χ4v) is 6.57. The maximum atomic E-state index is 13.7. The van der Waals surface area contributed by atoms with Gasteiger partial charge in [-0.15, -0.1) is 11.3 Å². The molecule has 8 heteroatoms. The van der Waals surface area contributed by atoms with Crippen molar-refractivity contribution in [1.82, 2.24) is 19.4 Å². The third-order valence-electron chi connectivity index (χ3n) is 6.59. The number of benzene rings is 1. The highest BCUT2D eigenvalue weighted by Gasteiger charge is 2.25. The summed E-state index contributed by atoms with van der Waals surface area (Å²) in [6, 6.07) is 14.3. The molecule has 5 rings (SSSR count). The minimum absolute atomic E-state index is 0.0583. The molecule has 1 aromatic carbocycles. The van der Waals surface area contributed by atoms with Gasteiger partial charge in [-0.05, 0) is 49.8 Å². The smallest absolute Gasteiger partial charge is 0.272 e. The van der Waals surface area contributed by atoms with Crippen LogP contribution in [0.1, 0.15) is 44.6 Å². The Labute approximate surface area is 207 Å². The molecule has 176 valence electrons. The maximum absolute atomic E-state index is 13.7. The van der Waals surface area contributed by atoms with Crippen LogP contribution in [-0.2, 0) is 11.3 Å². The lowest BCUT2D eigenvalue weighted by atomic mass is 10.0. The largest absolute Gasteiger partial charge is 0.339 e. The molecule has 1 amide bonds. The lowest BCUT2D eigenvalue weighted by Gasteiger charge is -2.33. The Morgan fingerprint density at radius 3 is 2.82 bits per heavy atom. The van der Waals surface area contributed by atoms with Crippen LogP contribution in [0.25, 0.3) is 20.4 Å². The molecule has 4 aromatic rings. The van der Waals surface area contributed by atoms with E-state index in [-0.39, 0.29) is 29.2 Å². The van der Waals surface area contributed by atoms with Crippen LogP contribution in [-0.4, -0.2) is 43.7 Å². The predicted octanol–water partition coefficient (Wildman–Crippen LogP) is 5.30. The minimum Gasteiger partial charge on any atom is -0.339 e. The van der Waals surface area contributed by atoms with Gasteiger partial charge < -0.3 is 4.90 Å². The van der Waals surface area contributed by atoms with E-state index in [0.717, 1.165) is 29.6 Å². The third kappa shape index (κ3) is 4.49. The molecule has 6 nitrogen and oxygen atoms in total. The number of aromatic nitrogens is 3. The van der Waals surface area contributed by atoms with Gasteiger partial charge in [0.2, 0.25) is 5.91 Å². The summed E-state index contributed by atoms with van der Waals surface area (Å²) in [5, 5.41) is 1.49. The van der Waals surface area contributed by atoms with E-state index in [0.29, 0.717) is 21.9 Å². The van der Waals surface area contributed by atoms with Crippen LogP contribution in [0.4, 0.5) is 0 Å². The van der Waals surface area contributed by atoms with E-state index in [4.69, 9.17) is 4.98 Å². The first-order valence-electron chi connectivity index (χ1n) is 11.8. The van der Waals surface area contributed by atoms with Crippen LogP contribution in [0.2, 0.25) is 0 Å². The highest BCUT2D eigenvalue weighted by molar-refractivity contribution is 7.99. The summed E-state index contributed by atoms with van der Waals surface area (Å²) >= 11 is 2.76. The highest BCUT2D eigenvalue weighted by Crippen LogP contribution is 2.31. The number of rotatable bonds is 6. The van der Waals surface area contributed by atoms with Crippen molar-refractivity contribution in [1.29, 1.82) is 0 Å². The van der Waals surface area contributed by atoms with E-state index < -0.39 is 0 Å². The van der Waals surface area contributed by atoms with Crippen LogP contribution in [0.5, 0.6) is 0 Å². The van der Waals surface area contributed by atoms with E-state index in [1.165, 1.54) is 35.1 Å². The number of nitrogens with zero attached hydrogens (tertiary/aromatic N) is 4. The van der Waals surface area contributed by atoms with Crippen LogP contribution in [0.15, 0.2) is 58.6 Å². The van der Waals surface area contributed by atoms with Gasteiger partial charge in [0.05, 0.1) is 11.3 Å². The van der Waals surface area contributed by atoms with Crippen molar-refractivity contribution in [3.63, 3.8) is 0 Å². The van der Waals surface area contributed by atoms with Crippen molar-refractivity contribution < 1.29 is 4.79 Å². The minimum atomic E-state index is -0.0583. The molecule has 1 saturated heterocycles. The monoisotopic (exact) mass is 492 g/mol. The number of thiophene rings is 1. The molecule has 1 aliphatic heterocycles. The number of thioether (sulfide) groups is 1. The number of hydrogen-bond acceptors (Lipinski definition) is 6. The Hall–Kier alpha value is -2.71. The molecule has 0 spiro atoms. The van der Waals surface area contributed by atoms with Crippen molar-refractivity contribution in [2.24, 2.45) is 0 Å². The van der Waals surface area contributed by atoms with Gasteiger partial charge in [0.25, 0.3) is 5.56 Å². The quantitative estimate of drug-likeness (QED) is 0.270. The molecule has 0 radical (unpaired) electrons. The van der Waals surface area contributed by atoms with Crippen molar-refractivity contribution in [2.45, 2.75) is 56.8 Å². The third-order valence-corrected chi connectivity index (χ3v) is 8.64. The Balaban J connectivity index is 1.52. The number of piperidine rings is 1. The van der Waals surface area contributed by atoms with Gasteiger partial charge in [0, 0.05) is 30.7 Å². The second-order valence-corrected chi connectivity index (χ2v) is 10.9. The number of amides is 1. The molecule has 0 N–H and O–H groups in total. The van der Waals surface area contributed by atoms with Crippen LogP contribution in [0.3, 0.4) is 0 Å². The molecule has 3 aromatic heterocycles. The zero-order chi connectivity index (χ0) is 23.7. The molecule has 0 unspecified atom stereocenters. The van der Waals surface area contributed by atoms with Crippen molar-refractivity contribution in [3.8, 4) is 0 Å². The van der Waals surface area contributed by atoms with Crippen LogP contribution in [0, 0.1) is 0 Å². The van der Waals surface area contributed by atoms with Gasteiger partial charge in [-0.25, -0.2) is 9.97 Å². The second kappa shape index (κ2) is 9.88. The number of carbonyl (C=O) groups excluding carboxylic acids is 1. The summed E-state index contributed by atoms with van der Waals surface area (Å²) in [5.41, 5.74) is 1.79. The first kappa shape index (κ1) is 23.1. The lowest BCUT2D eigenvalue weighted by molar-refractivity contribution is -0.131. The van der Waals surface area contributed by atoms with E-state index in [1.807, 2.05) is 35.2 Å². The fraction of sp³-hybridized carbons (Fsp3) is 0.385. The van der Waals surface area contributed by atoms with E-state index >= 15 is 0 Å². The molecule has 4 heterocycles. The average Bonchev–Trinajstić information content (AvgIpc) is 3.24. The lowest BCUT2D eigenvalue weighted by Crippen LogP contribution is -2.43. The molecule has 1 fully saturated rings. The highest BCUT2D eigenvalue weighted by atomic mass is 32.2. The first-order chi connectivity index (χ1) is 16.5. The number of fused-ring (bicyclic) bond motifs is 3. The van der Waals surface area contributed by atoms with Crippen molar-refractivity contribution in [2.75, 3.05) is 12.3 Å². The number of hydrogen-bond donors (Lipinski definition) is 0. The van der Waals surface area contributed by atoms with Crippen molar-refractivity contribution in [3.05, 3.63) is 64.6 Å². The molecule has 2 atom stereocenters. The second-order valence-electron chi connectivity index (χ2n) is 8.98. The van der Waals surface area contributed by atoms with Gasteiger partial charge in [-0.2, -0.15) is 0 Å². The number of carbonyl (C=O) groups is 1. The Bertz CT molecular complexity index is 1380. The van der Waals surface area contributed by atoms with Gasteiger partial charge in [-0.1, -0.05) is 49.0 Å². The topological polar surface area (TPSA) is 68.1 Å². The summed E-state index contributed by atoms with van der Waals surface area (Å²) in [6.45, 7) is 5.55. The Morgan fingerprint density at radius 2 is 2.03 bits per heavy atom. The van der Waals surface area contributed by atoms with E-state index in [9.17, 15) is 9.59 Å². The molecule has 34 heavy (non-hydrogen) atoms. The predicted molar refractivity (Wildman–Crippen MR) is 140 cm³/mol. The molecule has 0 saturated carbocycles. The summed E-state index contributed by atoms with van der Waals surface area (Å²) < 4.78 is 2.38. The molecular formula is C26H28N4O2S2. The van der Waals surface area contributed by atoms with E-state index in [1.54, 1.807) is 10.8 Å². The fourth-order valence-electron chi connectivity index (χ4n) is 4.65. The van der Waals surface area contributed by atoms with E-state index in [2.05, 4.69) is 31.0 Å². The summed E-state index contributed by atoms with van der Waals surface area (Å²) in [7, 11) is 0.